The fraction of sp³-hybridized carbons (Fsp3) is 0.167. The highest BCUT2D eigenvalue weighted by atomic mass is 79.9. The molecule has 0 saturated heterocycles. The van der Waals surface area contributed by atoms with Crippen molar-refractivity contribution in [1.29, 1.82) is 0 Å². The molecule has 0 radical (unpaired) electrons. The van der Waals surface area contributed by atoms with Gasteiger partial charge in [-0.15, -0.1) is 11.3 Å². The van der Waals surface area contributed by atoms with Crippen molar-refractivity contribution in [3.05, 3.63) is 45.2 Å². The van der Waals surface area contributed by atoms with E-state index >= 15 is 0 Å². The fourth-order valence-electron chi connectivity index (χ4n) is 1.36. The Bertz CT molecular complexity index is 457. The Labute approximate surface area is 96.7 Å². The van der Waals surface area contributed by atoms with E-state index in [9.17, 15) is 0 Å². The van der Waals surface area contributed by atoms with Gasteiger partial charge in [0, 0.05) is 4.88 Å². The lowest BCUT2D eigenvalue weighted by molar-refractivity contribution is 1.34. The Morgan fingerprint density at radius 3 is 2.36 bits per heavy atom. The second kappa shape index (κ2) is 3.87. The van der Waals surface area contributed by atoms with Crippen molar-refractivity contribution in [1.82, 2.24) is 0 Å². The van der Waals surface area contributed by atoms with E-state index < -0.39 is 0 Å². The van der Waals surface area contributed by atoms with Gasteiger partial charge >= 0.3 is 0 Å². The smallest absolute Gasteiger partial charge is 0.0705 e. The van der Waals surface area contributed by atoms with Crippen LogP contribution in [0.2, 0.25) is 0 Å². The van der Waals surface area contributed by atoms with Gasteiger partial charge in [0.05, 0.1) is 3.79 Å². The number of aryl methyl sites for hydroxylation is 2. The zero-order chi connectivity index (χ0) is 10.1. The van der Waals surface area contributed by atoms with Crippen molar-refractivity contribution in [2.75, 3.05) is 0 Å². The Hall–Kier alpha value is -0.600. The molecule has 0 nitrogen and oxygen atoms in total. The van der Waals surface area contributed by atoms with Gasteiger partial charge < -0.3 is 0 Å². The second-order valence-corrected chi connectivity index (χ2v) is 5.87. The van der Waals surface area contributed by atoms with Gasteiger partial charge in [0.25, 0.3) is 0 Å². The summed E-state index contributed by atoms with van der Waals surface area (Å²) >= 11 is 5.25. The van der Waals surface area contributed by atoms with Crippen LogP contribution in [-0.2, 0) is 0 Å². The highest BCUT2D eigenvalue weighted by Gasteiger charge is 2.02. The SMILES string of the molecule is Cc1ccc(-c2ccc(Br)s2)cc1C. The average Bonchev–Trinajstić information content (AvgIpc) is 2.57. The molecular formula is C12H11BrS. The van der Waals surface area contributed by atoms with Gasteiger partial charge in [-0.1, -0.05) is 18.2 Å². The van der Waals surface area contributed by atoms with Gasteiger partial charge in [0.15, 0.2) is 0 Å². The van der Waals surface area contributed by atoms with Crippen LogP contribution in [-0.4, -0.2) is 0 Å². The van der Waals surface area contributed by atoms with E-state index in [2.05, 4.69) is 60.1 Å². The van der Waals surface area contributed by atoms with Gasteiger partial charge in [-0.25, -0.2) is 0 Å². The molecule has 0 spiro atoms. The summed E-state index contributed by atoms with van der Waals surface area (Å²) in [5, 5.41) is 0. The molecule has 0 bridgehead atoms. The van der Waals surface area contributed by atoms with Crippen molar-refractivity contribution in [2.45, 2.75) is 13.8 Å². The van der Waals surface area contributed by atoms with Gasteiger partial charge in [-0.2, -0.15) is 0 Å². The molecule has 1 heterocycles. The summed E-state index contributed by atoms with van der Waals surface area (Å²) < 4.78 is 1.19. The van der Waals surface area contributed by atoms with E-state index in [-0.39, 0.29) is 0 Å². The third-order valence-electron chi connectivity index (χ3n) is 2.36. The molecular weight excluding hydrogens is 256 g/mol. The van der Waals surface area contributed by atoms with E-state index in [1.54, 1.807) is 11.3 Å². The first kappa shape index (κ1) is 9.94. The highest BCUT2D eigenvalue weighted by molar-refractivity contribution is 9.11. The molecule has 72 valence electrons. The van der Waals surface area contributed by atoms with Crippen molar-refractivity contribution in [2.24, 2.45) is 0 Å². The predicted molar refractivity (Wildman–Crippen MR) is 66.9 cm³/mol. The lowest BCUT2D eigenvalue weighted by atomic mass is 10.1. The predicted octanol–water partition coefficient (Wildman–Crippen LogP) is 4.79. The topological polar surface area (TPSA) is 0 Å². The number of halogens is 1. The van der Waals surface area contributed by atoms with Gasteiger partial charge in [-0.05, 0) is 58.6 Å². The lowest BCUT2D eigenvalue weighted by Gasteiger charge is -2.02. The monoisotopic (exact) mass is 266 g/mol. The van der Waals surface area contributed by atoms with E-state index in [0.717, 1.165) is 0 Å². The summed E-state index contributed by atoms with van der Waals surface area (Å²) in [6.07, 6.45) is 0. The number of hydrogen-bond acceptors (Lipinski definition) is 1. The van der Waals surface area contributed by atoms with Gasteiger partial charge in [0.1, 0.15) is 0 Å². The minimum absolute atomic E-state index is 1.19. The van der Waals surface area contributed by atoms with Crippen LogP contribution in [0.4, 0.5) is 0 Å². The molecule has 2 rings (SSSR count). The van der Waals surface area contributed by atoms with Crippen molar-refractivity contribution in [3.63, 3.8) is 0 Å². The Morgan fingerprint density at radius 2 is 1.79 bits per heavy atom. The van der Waals surface area contributed by atoms with E-state index in [4.69, 9.17) is 0 Å². The maximum atomic E-state index is 3.48. The minimum Gasteiger partial charge on any atom is -0.128 e. The summed E-state index contributed by atoms with van der Waals surface area (Å²) in [6.45, 7) is 4.30. The zero-order valence-electron chi connectivity index (χ0n) is 8.17. The quantitative estimate of drug-likeness (QED) is 0.696. The maximum Gasteiger partial charge on any atom is 0.0705 e. The molecule has 1 aromatic carbocycles. The molecule has 14 heavy (non-hydrogen) atoms. The summed E-state index contributed by atoms with van der Waals surface area (Å²) in [5.41, 5.74) is 4.01. The number of benzene rings is 1. The fourth-order valence-corrected chi connectivity index (χ4v) is 2.75. The minimum atomic E-state index is 1.19. The first-order valence-electron chi connectivity index (χ1n) is 4.50. The summed E-state index contributed by atoms with van der Waals surface area (Å²) in [4.78, 5) is 1.32. The highest BCUT2D eigenvalue weighted by Crippen LogP contribution is 2.31. The molecule has 0 N–H and O–H groups in total. The van der Waals surface area contributed by atoms with E-state index in [1.165, 1.54) is 25.4 Å². The molecule has 0 fully saturated rings. The molecule has 0 atom stereocenters. The van der Waals surface area contributed by atoms with Crippen LogP contribution in [0.5, 0.6) is 0 Å². The van der Waals surface area contributed by atoms with E-state index in [1.807, 2.05) is 0 Å². The summed E-state index contributed by atoms with van der Waals surface area (Å²) in [6, 6.07) is 10.8. The van der Waals surface area contributed by atoms with Crippen LogP contribution in [0, 0.1) is 13.8 Å². The Morgan fingerprint density at radius 1 is 1.00 bits per heavy atom. The van der Waals surface area contributed by atoms with E-state index in [0.29, 0.717) is 0 Å². The van der Waals surface area contributed by atoms with Crippen molar-refractivity contribution < 1.29 is 0 Å². The third kappa shape index (κ3) is 1.91. The normalized spacial score (nSPS) is 10.5. The molecule has 2 heteroatoms. The Kier molecular flexibility index (Phi) is 2.75. The van der Waals surface area contributed by atoms with Gasteiger partial charge in [0.2, 0.25) is 0 Å². The first-order chi connectivity index (χ1) is 6.66. The van der Waals surface area contributed by atoms with Crippen LogP contribution in [0.1, 0.15) is 11.1 Å². The third-order valence-corrected chi connectivity index (χ3v) is 4.04. The average molecular weight is 267 g/mol. The first-order valence-corrected chi connectivity index (χ1v) is 6.11. The van der Waals surface area contributed by atoms with Crippen molar-refractivity contribution in [3.8, 4) is 10.4 Å². The number of thiophene rings is 1. The van der Waals surface area contributed by atoms with Crippen LogP contribution in [0.15, 0.2) is 34.1 Å². The standard InChI is InChI=1S/C12H11BrS/c1-8-3-4-10(7-9(8)2)11-5-6-12(13)14-11/h3-7H,1-2H3. The number of hydrogen-bond donors (Lipinski definition) is 0. The molecule has 0 aliphatic heterocycles. The summed E-state index contributed by atoms with van der Waals surface area (Å²) in [5.74, 6) is 0. The van der Waals surface area contributed by atoms with Crippen LogP contribution < -0.4 is 0 Å². The molecule has 0 unspecified atom stereocenters. The molecule has 0 saturated carbocycles. The molecule has 2 aromatic rings. The zero-order valence-corrected chi connectivity index (χ0v) is 10.6. The van der Waals surface area contributed by atoms with Crippen LogP contribution in [0.25, 0.3) is 10.4 Å². The van der Waals surface area contributed by atoms with Crippen LogP contribution >= 0.6 is 27.3 Å². The Balaban J connectivity index is 2.47. The maximum absolute atomic E-state index is 3.48. The van der Waals surface area contributed by atoms with Crippen LogP contribution in [0.3, 0.4) is 0 Å². The molecule has 1 aromatic heterocycles. The molecule has 0 aliphatic rings. The van der Waals surface area contributed by atoms with Crippen molar-refractivity contribution >= 4 is 27.3 Å². The molecule has 0 aliphatic carbocycles. The number of rotatable bonds is 1. The molecule has 0 amide bonds. The largest absolute Gasteiger partial charge is 0.128 e. The lowest BCUT2D eigenvalue weighted by Crippen LogP contribution is -1.80. The second-order valence-electron chi connectivity index (χ2n) is 3.40. The summed E-state index contributed by atoms with van der Waals surface area (Å²) in [7, 11) is 0. The van der Waals surface area contributed by atoms with Gasteiger partial charge in [-0.3, -0.25) is 0 Å².